The number of ether oxygens (including phenoxy) is 3. The highest BCUT2D eigenvalue weighted by Crippen LogP contribution is 2.30. The van der Waals surface area contributed by atoms with Crippen molar-refractivity contribution in [1.29, 1.82) is 0 Å². The number of nitrogens with zero attached hydrogens (tertiary/aromatic N) is 1. The molecule has 1 fully saturated rings. The van der Waals surface area contributed by atoms with Crippen molar-refractivity contribution >= 4 is 29.6 Å². The predicted molar refractivity (Wildman–Crippen MR) is 130 cm³/mol. The maximum Gasteiger partial charge on any atom is 0.335 e. The zero-order chi connectivity index (χ0) is 25.7. The van der Waals surface area contributed by atoms with Crippen molar-refractivity contribution in [3.05, 3.63) is 89.2 Å². The van der Waals surface area contributed by atoms with Gasteiger partial charge in [-0.25, -0.2) is 14.1 Å². The number of barbiturate groups is 1. The summed E-state index contributed by atoms with van der Waals surface area (Å²) in [4.78, 5) is 39.2. The van der Waals surface area contributed by atoms with E-state index in [9.17, 15) is 18.8 Å². The van der Waals surface area contributed by atoms with Crippen LogP contribution in [-0.4, -0.2) is 31.6 Å². The minimum absolute atomic E-state index is 0.112. The quantitative estimate of drug-likeness (QED) is 0.370. The topological polar surface area (TPSA) is 94.2 Å². The van der Waals surface area contributed by atoms with Gasteiger partial charge in [-0.2, -0.15) is 0 Å². The maximum atomic E-state index is 13.3. The molecule has 0 aromatic heterocycles. The summed E-state index contributed by atoms with van der Waals surface area (Å²) < 4.78 is 29.8. The summed E-state index contributed by atoms with van der Waals surface area (Å²) in [6, 6.07) is 16.2. The molecule has 4 rings (SSSR count). The van der Waals surface area contributed by atoms with Crippen LogP contribution in [0.3, 0.4) is 0 Å². The summed E-state index contributed by atoms with van der Waals surface area (Å²) in [7, 11) is 1.50. The Morgan fingerprint density at radius 3 is 2.28 bits per heavy atom. The van der Waals surface area contributed by atoms with Gasteiger partial charge in [0.1, 0.15) is 35.2 Å². The average molecular weight is 490 g/mol. The first-order valence-electron chi connectivity index (χ1n) is 11.1. The molecule has 3 aromatic rings. The van der Waals surface area contributed by atoms with E-state index in [1.807, 2.05) is 6.92 Å². The van der Waals surface area contributed by atoms with Gasteiger partial charge >= 0.3 is 6.03 Å². The third-order valence-corrected chi connectivity index (χ3v) is 5.34. The van der Waals surface area contributed by atoms with E-state index in [0.717, 1.165) is 10.5 Å². The normalized spacial score (nSPS) is 14.6. The molecule has 0 spiro atoms. The number of nitrogens with one attached hydrogen (secondary N) is 1. The van der Waals surface area contributed by atoms with Crippen LogP contribution in [0.2, 0.25) is 0 Å². The lowest BCUT2D eigenvalue weighted by atomic mass is 10.1. The van der Waals surface area contributed by atoms with Gasteiger partial charge in [0.05, 0.1) is 19.4 Å². The highest BCUT2D eigenvalue weighted by molar-refractivity contribution is 6.39. The van der Waals surface area contributed by atoms with Crippen LogP contribution in [0.5, 0.6) is 17.2 Å². The first kappa shape index (κ1) is 24.5. The molecule has 0 radical (unpaired) electrons. The van der Waals surface area contributed by atoms with Gasteiger partial charge in [-0.1, -0.05) is 12.1 Å². The van der Waals surface area contributed by atoms with E-state index in [1.54, 1.807) is 54.6 Å². The first-order valence-corrected chi connectivity index (χ1v) is 11.1. The summed E-state index contributed by atoms with van der Waals surface area (Å²) in [5, 5.41) is 2.20. The Hall–Kier alpha value is -4.66. The number of anilines is 1. The minimum Gasteiger partial charge on any atom is -0.497 e. The Morgan fingerprint density at radius 1 is 0.917 bits per heavy atom. The molecule has 3 aromatic carbocycles. The van der Waals surface area contributed by atoms with Crippen molar-refractivity contribution in [2.45, 2.75) is 13.5 Å². The van der Waals surface area contributed by atoms with Gasteiger partial charge in [0.25, 0.3) is 11.8 Å². The van der Waals surface area contributed by atoms with E-state index in [0.29, 0.717) is 29.4 Å². The van der Waals surface area contributed by atoms with Crippen molar-refractivity contribution < 1.29 is 33.0 Å². The highest BCUT2D eigenvalue weighted by Gasteiger charge is 2.37. The third-order valence-electron chi connectivity index (χ3n) is 5.34. The van der Waals surface area contributed by atoms with Crippen LogP contribution in [0.4, 0.5) is 14.9 Å². The molecule has 0 unspecified atom stereocenters. The standard InChI is InChI=1S/C27H23FN2O6/c1-3-35-21-12-9-20(10-13-21)30-26(32)23(25(31)29-27(30)33)14-18-6-11-22(34-2)15-24(18)36-16-17-4-7-19(28)8-5-17/h4-15H,3,16H2,1-2H3,(H,29,31,33)/b23-14+. The molecule has 184 valence electrons. The molecule has 0 atom stereocenters. The number of imide groups is 2. The van der Waals surface area contributed by atoms with E-state index < -0.39 is 17.8 Å². The fourth-order valence-corrected chi connectivity index (χ4v) is 3.53. The average Bonchev–Trinajstić information content (AvgIpc) is 2.87. The molecule has 0 aliphatic carbocycles. The fourth-order valence-electron chi connectivity index (χ4n) is 3.53. The van der Waals surface area contributed by atoms with Gasteiger partial charge in [-0.15, -0.1) is 0 Å². The van der Waals surface area contributed by atoms with Crippen LogP contribution < -0.4 is 24.4 Å². The lowest BCUT2D eigenvalue weighted by Crippen LogP contribution is -2.54. The highest BCUT2D eigenvalue weighted by atomic mass is 19.1. The lowest BCUT2D eigenvalue weighted by molar-refractivity contribution is -0.122. The number of benzene rings is 3. The van der Waals surface area contributed by atoms with Crippen LogP contribution in [-0.2, 0) is 16.2 Å². The molecule has 1 N–H and O–H groups in total. The van der Waals surface area contributed by atoms with Gasteiger partial charge in [0, 0.05) is 11.6 Å². The van der Waals surface area contributed by atoms with Crippen molar-refractivity contribution in [2.24, 2.45) is 0 Å². The molecule has 8 nitrogen and oxygen atoms in total. The van der Waals surface area contributed by atoms with Gasteiger partial charge in [-0.05, 0) is 67.1 Å². The Labute approximate surface area is 206 Å². The monoisotopic (exact) mass is 490 g/mol. The van der Waals surface area contributed by atoms with Crippen molar-refractivity contribution in [3.63, 3.8) is 0 Å². The smallest absolute Gasteiger partial charge is 0.335 e. The molecule has 36 heavy (non-hydrogen) atoms. The molecule has 1 saturated heterocycles. The van der Waals surface area contributed by atoms with Crippen molar-refractivity contribution in [1.82, 2.24) is 5.32 Å². The summed E-state index contributed by atoms with van der Waals surface area (Å²) in [6.07, 6.45) is 1.35. The first-order chi connectivity index (χ1) is 17.4. The van der Waals surface area contributed by atoms with Crippen LogP contribution in [0.1, 0.15) is 18.1 Å². The number of amides is 4. The number of hydrogen-bond acceptors (Lipinski definition) is 6. The number of hydrogen-bond donors (Lipinski definition) is 1. The van der Waals surface area contributed by atoms with Crippen molar-refractivity contribution in [3.8, 4) is 17.2 Å². The Balaban J connectivity index is 1.65. The molecule has 1 heterocycles. The Kier molecular flexibility index (Phi) is 7.29. The number of rotatable bonds is 8. The number of methoxy groups -OCH3 is 1. The second-order valence-electron chi connectivity index (χ2n) is 7.70. The van der Waals surface area contributed by atoms with E-state index in [-0.39, 0.29) is 23.7 Å². The molecule has 0 bridgehead atoms. The second kappa shape index (κ2) is 10.7. The van der Waals surface area contributed by atoms with Crippen LogP contribution in [0.15, 0.2) is 72.3 Å². The molecule has 9 heteroatoms. The van der Waals surface area contributed by atoms with Crippen molar-refractivity contribution in [2.75, 3.05) is 18.6 Å². The van der Waals surface area contributed by atoms with Crippen LogP contribution in [0, 0.1) is 5.82 Å². The summed E-state index contributed by atoms with van der Waals surface area (Å²) in [5.74, 6) is -0.563. The maximum absolute atomic E-state index is 13.3. The number of halogens is 1. The second-order valence-corrected chi connectivity index (χ2v) is 7.70. The molecule has 4 amide bonds. The molecular formula is C27H23FN2O6. The zero-order valence-electron chi connectivity index (χ0n) is 19.6. The molecule has 1 aliphatic rings. The largest absolute Gasteiger partial charge is 0.497 e. The van der Waals surface area contributed by atoms with E-state index in [4.69, 9.17) is 14.2 Å². The van der Waals surface area contributed by atoms with E-state index in [2.05, 4.69) is 5.32 Å². The van der Waals surface area contributed by atoms with Gasteiger partial charge in [0.15, 0.2) is 0 Å². The SMILES string of the molecule is CCOc1ccc(N2C(=O)NC(=O)/C(=C\c3ccc(OC)cc3OCc3ccc(F)cc3)C2=O)cc1. The third kappa shape index (κ3) is 5.35. The van der Waals surface area contributed by atoms with Gasteiger partial charge < -0.3 is 14.2 Å². The molecule has 1 aliphatic heterocycles. The Bertz CT molecular complexity index is 1320. The van der Waals surface area contributed by atoms with Gasteiger partial charge in [-0.3, -0.25) is 14.9 Å². The fraction of sp³-hybridized carbons (Fsp3) is 0.148. The summed E-state index contributed by atoms with van der Waals surface area (Å²) in [6.45, 7) is 2.42. The summed E-state index contributed by atoms with van der Waals surface area (Å²) >= 11 is 0. The minimum atomic E-state index is -0.853. The van der Waals surface area contributed by atoms with Crippen LogP contribution >= 0.6 is 0 Å². The predicted octanol–water partition coefficient (Wildman–Crippen LogP) is 4.48. The van der Waals surface area contributed by atoms with E-state index >= 15 is 0 Å². The number of urea groups is 1. The number of carbonyl (C=O) groups is 3. The summed E-state index contributed by atoms with van der Waals surface area (Å²) in [5.41, 5.74) is 1.16. The molecule has 0 saturated carbocycles. The van der Waals surface area contributed by atoms with E-state index in [1.165, 1.54) is 25.3 Å². The number of carbonyl (C=O) groups excluding carboxylic acids is 3. The van der Waals surface area contributed by atoms with Crippen LogP contribution in [0.25, 0.3) is 6.08 Å². The van der Waals surface area contributed by atoms with Gasteiger partial charge in [0.2, 0.25) is 0 Å². The lowest BCUT2D eigenvalue weighted by Gasteiger charge is -2.26. The molecular weight excluding hydrogens is 467 g/mol. The Morgan fingerprint density at radius 2 is 1.61 bits per heavy atom. The zero-order valence-corrected chi connectivity index (χ0v) is 19.6.